The van der Waals surface area contributed by atoms with E-state index in [1.165, 1.54) is 6.33 Å². The quantitative estimate of drug-likeness (QED) is 0.733. The molecule has 1 N–H and O–H groups in total. The highest BCUT2D eigenvalue weighted by atomic mass is 35.5. The molecule has 2 rings (SSSR count). The van der Waals surface area contributed by atoms with Crippen LogP contribution in [0.15, 0.2) is 18.6 Å². The van der Waals surface area contributed by atoms with Gasteiger partial charge in [-0.25, -0.2) is 9.97 Å². The van der Waals surface area contributed by atoms with Gasteiger partial charge in [-0.2, -0.15) is 0 Å². The van der Waals surface area contributed by atoms with E-state index >= 15 is 0 Å². The van der Waals surface area contributed by atoms with Crippen LogP contribution in [0.25, 0.3) is 11.0 Å². The standard InChI is InChI=1S/C8H8ClN3O/c9-7-6-1-2-12(3-4-13)8(6)11-5-10-7/h1-2,5,13H,3-4H2. The van der Waals surface area contributed by atoms with Gasteiger partial charge in [0.1, 0.15) is 17.1 Å². The van der Waals surface area contributed by atoms with Crippen LogP contribution in [0.5, 0.6) is 0 Å². The van der Waals surface area contributed by atoms with Gasteiger partial charge in [-0.15, -0.1) is 0 Å². The second-order valence-electron chi connectivity index (χ2n) is 2.63. The van der Waals surface area contributed by atoms with Crippen molar-refractivity contribution < 1.29 is 5.11 Å². The number of aliphatic hydroxyl groups is 1. The molecule has 4 nitrogen and oxygen atoms in total. The molecule has 2 aromatic rings. The SMILES string of the molecule is OCCn1ccc2c(Cl)ncnc21. The highest BCUT2D eigenvalue weighted by molar-refractivity contribution is 6.33. The average Bonchev–Trinajstić information content (AvgIpc) is 2.51. The number of nitrogens with zero attached hydrogens (tertiary/aromatic N) is 3. The van der Waals surface area contributed by atoms with Crippen LogP contribution in [-0.4, -0.2) is 26.2 Å². The summed E-state index contributed by atoms with van der Waals surface area (Å²) in [5.41, 5.74) is 0.758. The molecule has 0 saturated heterocycles. The first-order valence-electron chi connectivity index (χ1n) is 3.89. The number of aliphatic hydroxyl groups excluding tert-OH is 1. The van der Waals surface area contributed by atoms with Crippen molar-refractivity contribution in [3.8, 4) is 0 Å². The second-order valence-corrected chi connectivity index (χ2v) is 2.99. The fourth-order valence-corrected chi connectivity index (χ4v) is 1.45. The summed E-state index contributed by atoms with van der Waals surface area (Å²) in [6.07, 6.45) is 3.25. The Morgan fingerprint density at radius 3 is 3.08 bits per heavy atom. The first kappa shape index (κ1) is 8.47. The van der Waals surface area contributed by atoms with Gasteiger partial charge in [0.25, 0.3) is 0 Å². The van der Waals surface area contributed by atoms with Crippen molar-refractivity contribution in [3.63, 3.8) is 0 Å². The smallest absolute Gasteiger partial charge is 0.144 e. The van der Waals surface area contributed by atoms with Gasteiger partial charge in [-0.1, -0.05) is 11.6 Å². The molecule has 0 aliphatic heterocycles. The van der Waals surface area contributed by atoms with E-state index in [9.17, 15) is 0 Å². The first-order chi connectivity index (χ1) is 6.33. The molecule has 5 heteroatoms. The van der Waals surface area contributed by atoms with Gasteiger partial charge < -0.3 is 9.67 Å². The normalized spacial score (nSPS) is 10.9. The third-order valence-corrected chi connectivity index (χ3v) is 2.15. The van der Waals surface area contributed by atoms with E-state index in [-0.39, 0.29) is 6.61 Å². The van der Waals surface area contributed by atoms with Crippen LogP contribution in [0.4, 0.5) is 0 Å². The van der Waals surface area contributed by atoms with Crippen molar-refractivity contribution in [2.75, 3.05) is 6.61 Å². The molecule has 0 atom stereocenters. The maximum Gasteiger partial charge on any atom is 0.144 e. The summed E-state index contributed by atoms with van der Waals surface area (Å²) in [6.45, 7) is 0.613. The Hall–Kier alpha value is -1.13. The third kappa shape index (κ3) is 1.38. The minimum absolute atomic E-state index is 0.0887. The Bertz CT molecular complexity index is 426. The van der Waals surface area contributed by atoms with Gasteiger partial charge >= 0.3 is 0 Å². The van der Waals surface area contributed by atoms with Gasteiger partial charge in [-0.05, 0) is 6.07 Å². The fourth-order valence-electron chi connectivity index (χ4n) is 1.26. The van der Waals surface area contributed by atoms with Crippen LogP contribution in [0.1, 0.15) is 0 Å². The highest BCUT2D eigenvalue weighted by Gasteiger charge is 2.04. The van der Waals surface area contributed by atoms with Crippen LogP contribution in [-0.2, 0) is 6.54 Å². The summed E-state index contributed by atoms with van der Waals surface area (Å²) in [5, 5.41) is 10.0. The lowest BCUT2D eigenvalue weighted by Gasteiger charge is -2.00. The number of hydrogen-bond acceptors (Lipinski definition) is 3. The van der Waals surface area contributed by atoms with Crippen molar-refractivity contribution in [1.29, 1.82) is 0 Å². The number of halogens is 1. The predicted octanol–water partition coefficient (Wildman–Crippen LogP) is 1.08. The van der Waals surface area contributed by atoms with Crippen molar-refractivity contribution in [2.45, 2.75) is 6.54 Å². The summed E-state index contributed by atoms with van der Waals surface area (Å²) in [6, 6.07) is 1.84. The molecule has 0 aliphatic carbocycles. The Morgan fingerprint density at radius 1 is 1.46 bits per heavy atom. The number of aromatic nitrogens is 3. The Kier molecular flexibility index (Phi) is 2.16. The van der Waals surface area contributed by atoms with Gasteiger partial charge in [0, 0.05) is 12.7 Å². The molecule has 2 heterocycles. The summed E-state index contributed by atoms with van der Waals surface area (Å²) in [7, 11) is 0. The second kappa shape index (κ2) is 3.32. The number of rotatable bonds is 2. The van der Waals surface area contributed by atoms with Crippen LogP contribution in [0.2, 0.25) is 5.15 Å². The molecule has 0 unspecified atom stereocenters. The molecule has 2 aromatic heterocycles. The number of fused-ring (bicyclic) bond motifs is 1. The largest absolute Gasteiger partial charge is 0.395 e. The molecule has 68 valence electrons. The molecular formula is C8H8ClN3O. The summed E-state index contributed by atoms with van der Waals surface area (Å²) in [5.74, 6) is 0. The minimum Gasteiger partial charge on any atom is -0.395 e. The van der Waals surface area contributed by atoms with E-state index in [1.807, 2.05) is 16.8 Å². The van der Waals surface area contributed by atoms with Crippen LogP contribution < -0.4 is 0 Å². The predicted molar refractivity (Wildman–Crippen MR) is 49.6 cm³/mol. The molecule has 0 aliphatic rings. The van der Waals surface area contributed by atoms with Crippen LogP contribution in [0, 0.1) is 0 Å². The topological polar surface area (TPSA) is 50.9 Å². The van der Waals surface area contributed by atoms with Crippen molar-refractivity contribution in [1.82, 2.24) is 14.5 Å². The van der Waals surface area contributed by atoms with Gasteiger partial charge in [0.05, 0.1) is 12.0 Å². The molecule has 13 heavy (non-hydrogen) atoms. The Balaban J connectivity index is 2.61. The van der Waals surface area contributed by atoms with Crippen LogP contribution >= 0.6 is 11.6 Å². The van der Waals surface area contributed by atoms with E-state index in [1.54, 1.807) is 0 Å². The van der Waals surface area contributed by atoms with Gasteiger partial charge in [-0.3, -0.25) is 0 Å². The van der Waals surface area contributed by atoms with Crippen molar-refractivity contribution in [3.05, 3.63) is 23.7 Å². The maximum atomic E-state index is 8.77. The van der Waals surface area contributed by atoms with Crippen molar-refractivity contribution in [2.24, 2.45) is 0 Å². The zero-order valence-corrected chi connectivity index (χ0v) is 7.57. The lowest BCUT2D eigenvalue weighted by Crippen LogP contribution is -2.01. The zero-order valence-electron chi connectivity index (χ0n) is 6.81. The van der Waals surface area contributed by atoms with E-state index in [2.05, 4.69) is 9.97 Å². The molecule has 0 saturated carbocycles. The van der Waals surface area contributed by atoms with E-state index < -0.39 is 0 Å². The van der Waals surface area contributed by atoms with Crippen LogP contribution in [0.3, 0.4) is 0 Å². The minimum atomic E-state index is 0.0887. The van der Waals surface area contributed by atoms with E-state index in [0.29, 0.717) is 11.7 Å². The molecule has 0 bridgehead atoms. The number of hydrogen-bond donors (Lipinski definition) is 1. The molecule has 0 amide bonds. The van der Waals surface area contributed by atoms with E-state index in [4.69, 9.17) is 16.7 Å². The highest BCUT2D eigenvalue weighted by Crippen LogP contribution is 2.19. The Morgan fingerprint density at radius 2 is 2.31 bits per heavy atom. The third-order valence-electron chi connectivity index (χ3n) is 1.85. The summed E-state index contributed by atoms with van der Waals surface area (Å²) < 4.78 is 1.84. The average molecular weight is 198 g/mol. The van der Waals surface area contributed by atoms with Gasteiger partial charge in [0.2, 0.25) is 0 Å². The monoisotopic (exact) mass is 197 g/mol. The first-order valence-corrected chi connectivity index (χ1v) is 4.27. The Labute approximate surface area is 79.8 Å². The molecule has 0 fully saturated rings. The summed E-state index contributed by atoms with van der Waals surface area (Å²) >= 11 is 5.84. The lowest BCUT2D eigenvalue weighted by atomic mass is 10.4. The summed E-state index contributed by atoms with van der Waals surface area (Å²) in [4.78, 5) is 7.94. The maximum absolute atomic E-state index is 8.77. The molecule has 0 spiro atoms. The van der Waals surface area contributed by atoms with E-state index in [0.717, 1.165) is 11.0 Å². The molecular weight excluding hydrogens is 190 g/mol. The zero-order chi connectivity index (χ0) is 9.26. The molecule has 0 aromatic carbocycles. The van der Waals surface area contributed by atoms with Gasteiger partial charge in [0.15, 0.2) is 0 Å². The van der Waals surface area contributed by atoms with Crippen molar-refractivity contribution >= 4 is 22.6 Å². The molecule has 0 radical (unpaired) electrons. The lowest BCUT2D eigenvalue weighted by molar-refractivity contribution is 0.278. The fraction of sp³-hybridized carbons (Fsp3) is 0.250.